The van der Waals surface area contributed by atoms with Crippen LogP contribution in [0.3, 0.4) is 0 Å². The number of rotatable bonds is 4. The van der Waals surface area contributed by atoms with E-state index in [1.165, 1.54) is 23.1 Å². The largest absolute Gasteiger partial charge is 0.573 e. The zero-order valence-electron chi connectivity index (χ0n) is 17.4. The van der Waals surface area contributed by atoms with Crippen LogP contribution >= 0.6 is 0 Å². The minimum atomic E-state index is -4.82. The standard InChI is InChI=1S/C23H23F3N2O4/c1-28-19-8-3-2-7-17(19)18(14-20(28)29)21(30)27-22(9-11-31-12-10-22)15-5-4-6-16(13-15)32-23(24,25)26/h2-8,13,18H,9-12,14H2,1H3,(H,27,30). The van der Waals surface area contributed by atoms with Crippen molar-refractivity contribution in [1.29, 1.82) is 0 Å². The third-order valence-corrected chi connectivity index (χ3v) is 6.07. The Kier molecular flexibility index (Phi) is 5.85. The first-order valence-electron chi connectivity index (χ1n) is 10.3. The predicted molar refractivity (Wildman–Crippen MR) is 110 cm³/mol. The van der Waals surface area contributed by atoms with Crippen molar-refractivity contribution in [1.82, 2.24) is 5.32 Å². The van der Waals surface area contributed by atoms with Crippen LogP contribution < -0.4 is 15.0 Å². The van der Waals surface area contributed by atoms with Gasteiger partial charge in [-0.05, 0) is 42.2 Å². The van der Waals surface area contributed by atoms with Crippen LogP contribution in [-0.2, 0) is 19.9 Å². The van der Waals surface area contributed by atoms with Crippen LogP contribution in [0.4, 0.5) is 18.9 Å². The van der Waals surface area contributed by atoms with Gasteiger partial charge in [-0.3, -0.25) is 9.59 Å². The molecule has 6 nitrogen and oxygen atoms in total. The molecule has 2 amide bonds. The first kappa shape index (κ1) is 22.1. The summed E-state index contributed by atoms with van der Waals surface area (Å²) in [5.74, 6) is -1.56. The molecule has 0 aliphatic carbocycles. The third-order valence-electron chi connectivity index (χ3n) is 6.07. The molecule has 2 aromatic rings. The molecule has 4 rings (SSSR count). The summed E-state index contributed by atoms with van der Waals surface area (Å²) in [6.45, 7) is 0.682. The molecule has 1 saturated heterocycles. The highest BCUT2D eigenvalue weighted by Crippen LogP contribution is 2.39. The number of carbonyl (C=O) groups is 2. The summed E-state index contributed by atoms with van der Waals surface area (Å²) in [5, 5.41) is 3.06. The van der Waals surface area contributed by atoms with E-state index in [0.717, 1.165) is 5.56 Å². The van der Waals surface area contributed by atoms with Crippen molar-refractivity contribution in [2.45, 2.75) is 37.1 Å². The lowest BCUT2D eigenvalue weighted by Crippen LogP contribution is -2.52. The van der Waals surface area contributed by atoms with Gasteiger partial charge in [-0.25, -0.2) is 0 Å². The van der Waals surface area contributed by atoms with Crippen molar-refractivity contribution in [2.24, 2.45) is 0 Å². The summed E-state index contributed by atoms with van der Waals surface area (Å²) in [6.07, 6.45) is -4.03. The number of alkyl halides is 3. The van der Waals surface area contributed by atoms with Gasteiger partial charge in [0.25, 0.3) is 0 Å². The van der Waals surface area contributed by atoms with E-state index in [2.05, 4.69) is 10.1 Å². The maximum atomic E-state index is 13.4. The zero-order valence-corrected chi connectivity index (χ0v) is 17.4. The van der Waals surface area contributed by atoms with Gasteiger partial charge in [0.2, 0.25) is 11.8 Å². The van der Waals surface area contributed by atoms with E-state index in [1.54, 1.807) is 25.2 Å². The monoisotopic (exact) mass is 448 g/mol. The van der Waals surface area contributed by atoms with Gasteiger partial charge in [0.15, 0.2) is 0 Å². The van der Waals surface area contributed by atoms with Crippen LogP contribution in [0.25, 0.3) is 0 Å². The fraction of sp³-hybridized carbons (Fsp3) is 0.391. The Morgan fingerprint density at radius 1 is 1.16 bits per heavy atom. The Morgan fingerprint density at radius 3 is 2.59 bits per heavy atom. The van der Waals surface area contributed by atoms with Gasteiger partial charge in [0.1, 0.15) is 5.75 Å². The number of benzene rings is 2. The minimum Gasteiger partial charge on any atom is -0.406 e. The van der Waals surface area contributed by atoms with Crippen molar-refractivity contribution in [2.75, 3.05) is 25.2 Å². The van der Waals surface area contributed by atoms with E-state index in [9.17, 15) is 22.8 Å². The first-order chi connectivity index (χ1) is 15.2. The summed E-state index contributed by atoms with van der Waals surface area (Å²) in [7, 11) is 1.67. The Bertz CT molecular complexity index is 1020. The smallest absolute Gasteiger partial charge is 0.406 e. The van der Waals surface area contributed by atoms with Crippen LogP contribution in [-0.4, -0.2) is 38.4 Å². The van der Waals surface area contributed by atoms with Crippen LogP contribution in [0, 0.1) is 0 Å². The van der Waals surface area contributed by atoms with E-state index >= 15 is 0 Å². The lowest BCUT2D eigenvalue weighted by molar-refractivity contribution is -0.274. The van der Waals surface area contributed by atoms with E-state index < -0.39 is 17.8 Å². The molecule has 2 aliphatic rings. The molecule has 170 valence electrons. The Morgan fingerprint density at radius 2 is 1.88 bits per heavy atom. The molecule has 2 heterocycles. The minimum absolute atomic E-state index is 0.0170. The number of ether oxygens (including phenoxy) is 2. The fourth-order valence-corrected chi connectivity index (χ4v) is 4.40. The lowest BCUT2D eigenvalue weighted by atomic mass is 9.81. The molecular weight excluding hydrogens is 425 g/mol. The van der Waals surface area contributed by atoms with Gasteiger partial charge >= 0.3 is 6.36 Å². The van der Waals surface area contributed by atoms with Gasteiger partial charge in [-0.15, -0.1) is 13.2 Å². The highest BCUT2D eigenvalue weighted by Gasteiger charge is 2.41. The second-order valence-corrected chi connectivity index (χ2v) is 8.03. The van der Waals surface area contributed by atoms with Crippen LogP contribution in [0.1, 0.15) is 36.3 Å². The number of para-hydroxylation sites is 1. The van der Waals surface area contributed by atoms with E-state index in [4.69, 9.17) is 4.74 Å². The number of fused-ring (bicyclic) bond motifs is 1. The number of anilines is 1. The number of hydrogen-bond donors (Lipinski definition) is 1. The lowest BCUT2D eigenvalue weighted by Gasteiger charge is -2.40. The number of hydrogen-bond acceptors (Lipinski definition) is 4. The van der Waals surface area contributed by atoms with Crippen molar-refractivity contribution in [3.8, 4) is 5.75 Å². The second-order valence-electron chi connectivity index (χ2n) is 8.03. The van der Waals surface area contributed by atoms with Gasteiger partial charge < -0.3 is 19.7 Å². The van der Waals surface area contributed by atoms with E-state index in [1.807, 2.05) is 12.1 Å². The van der Waals surface area contributed by atoms with E-state index in [0.29, 0.717) is 37.3 Å². The zero-order chi connectivity index (χ0) is 22.9. The molecule has 0 spiro atoms. The number of nitrogens with one attached hydrogen (secondary N) is 1. The molecule has 0 aromatic heterocycles. The number of halogens is 3. The molecule has 1 atom stereocenters. The molecule has 0 radical (unpaired) electrons. The molecular formula is C23H23F3N2O4. The molecule has 1 fully saturated rings. The summed E-state index contributed by atoms with van der Waals surface area (Å²) < 4.78 is 47.7. The SMILES string of the molecule is CN1C(=O)CC(C(=O)NC2(c3cccc(OC(F)(F)F)c3)CCOCC2)c2ccccc21. The summed E-state index contributed by atoms with van der Waals surface area (Å²) in [5.41, 5.74) is 0.985. The molecule has 1 unspecified atom stereocenters. The van der Waals surface area contributed by atoms with Crippen LogP contribution in [0.2, 0.25) is 0 Å². The van der Waals surface area contributed by atoms with Gasteiger partial charge in [0, 0.05) is 32.4 Å². The average Bonchev–Trinajstić information content (AvgIpc) is 2.76. The Hall–Kier alpha value is -3.07. The maximum Gasteiger partial charge on any atom is 0.573 e. The highest BCUT2D eigenvalue weighted by molar-refractivity contribution is 6.02. The number of amides is 2. The van der Waals surface area contributed by atoms with Crippen molar-refractivity contribution in [3.63, 3.8) is 0 Å². The Balaban J connectivity index is 1.66. The van der Waals surface area contributed by atoms with Crippen LogP contribution in [0.5, 0.6) is 5.75 Å². The fourth-order valence-electron chi connectivity index (χ4n) is 4.40. The number of nitrogens with zero attached hydrogens (tertiary/aromatic N) is 1. The summed E-state index contributed by atoms with van der Waals surface area (Å²) in [4.78, 5) is 27.5. The third kappa shape index (κ3) is 4.43. The topological polar surface area (TPSA) is 67.9 Å². The molecule has 0 bridgehead atoms. The molecule has 0 saturated carbocycles. The predicted octanol–water partition coefficient (Wildman–Crippen LogP) is 3.86. The Labute approximate surface area is 183 Å². The van der Waals surface area contributed by atoms with Crippen LogP contribution in [0.15, 0.2) is 48.5 Å². The van der Waals surface area contributed by atoms with Gasteiger partial charge in [-0.1, -0.05) is 30.3 Å². The molecule has 9 heteroatoms. The van der Waals surface area contributed by atoms with E-state index in [-0.39, 0.29) is 24.0 Å². The summed E-state index contributed by atoms with van der Waals surface area (Å²) in [6, 6.07) is 12.9. The number of carbonyl (C=O) groups excluding carboxylic acids is 2. The van der Waals surface area contributed by atoms with Crippen molar-refractivity contribution < 1.29 is 32.2 Å². The van der Waals surface area contributed by atoms with Gasteiger partial charge in [0.05, 0.1) is 11.5 Å². The second kappa shape index (κ2) is 8.46. The summed E-state index contributed by atoms with van der Waals surface area (Å²) >= 11 is 0. The highest BCUT2D eigenvalue weighted by atomic mass is 19.4. The quantitative estimate of drug-likeness (QED) is 0.772. The molecule has 2 aliphatic heterocycles. The van der Waals surface area contributed by atoms with Gasteiger partial charge in [-0.2, -0.15) is 0 Å². The molecule has 32 heavy (non-hydrogen) atoms. The normalized spacial score (nSPS) is 20.4. The average molecular weight is 448 g/mol. The first-order valence-corrected chi connectivity index (χ1v) is 10.3. The molecule has 1 N–H and O–H groups in total. The maximum absolute atomic E-state index is 13.4. The molecule has 2 aromatic carbocycles. The van der Waals surface area contributed by atoms with Crippen molar-refractivity contribution in [3.05, 3.63) is 59.7 Å². The van der Waals surface area contributed by atoms with Crippen molar-refractivity contribution >= 4 is 17.5 Å².